The molecule has 1 aromatic heterocycles. The largest absolute Gasteiger partial charge is 0.492 e. The second-order valence-corrected chi connectivity index (χ2v) is 14.3. The highest BCUT2D eigenvalue weighted by Gasteiger charge is 2.33. The molecule has 4 N–H and O–H groups in total. The molecule has 2 aliphatic rings. The SMILES string of the molecule is C[C@@](CO)(NCc1cc(Cl)c(O[C@H]2CCc3c(-c4cccc(OCCCN5CC(O)C5)c4Cl)cccc32)cc1OCc1cncc(Cl)c1)C(=O)O. The van der Waals surface area contributed by atoms with E-state index in [1.54, 1.807) is 24.4 Å². The van der Waals surface area contributed by atoms with Crippen LogP contribution < -0.4 is 19.5 Å². The molecule has 1 aliphatic heterocycles. The molecule has 51 heavy (non-hydrogen) atoms. The molecule has 1 fully saturated rings. The van der Waals surface area contributed by atoms with Gasteiger partial charge in [0.05, 0.1) is 34.4 Å². The number of fused-ring (bicyclic) bond motifs is 1. The highest BCUT2D eigenvalue weighted by molar-refractivity contribution is 6.35. The molecule has 0 amide bonds. The Hall–Kier alpha value is -3.61. The first-order chi connectivity index (χ1) is 24.5. The Labute approximate surface area is 311 Å². The first kappa shape index (κ1) is 37.2. The number of nitrogens with zero attached hydrogens (tertiary/aromatic N) is 2. The molecule has 0 radical (unpaired) electrons. The summed E-state index contributed by atoms with van der Waals surface area (Å²) in [5, 5.41) is 33.2. The average Bonchev–Trinajstić information content (AvgIpc) is 3.52. The van der Waals surface area contributed by atoms with Gasteiger partial charge in [0.2, 0.25) is 0 Å². The Morgan fingerprint density at radius 1 is 1.02 bits per heavy atom. The van der Waals surface area contributed by atoms with Crippen LogP contribution in [0, 0.1) is 0 Å². The van der Waals surface area contributed by atoms with E-state index in [2.05, 4.69) is 27.3 Å². The molecule has 1 aliphatic carbocycles. The summed E-state index contributed by atoms with van der Waals surface area (Å²) in [4.78, 5) is 18.1. The quantitative estimate of drug-likeness (QED) is 0.0914. The minimum Gasteiger partial charge on any atom is -0.492 e. The van der Waals surface area contributed by atoms with Gasteiger partial charge < -0.3 is 29.5 Å². The number of nitrogens with one attached hydrogen (secondary N) is 1. The van der Waals surface area contributed by atoms with Crippen LogP contribution in [0.15, 0.2) is 67.0 Å². The average molecular weight is 757 g/mol. The number of ether oxygens (including phenoxy) is 3. The molecular weight excluding hydrogens is 717 g/mol. The van der Waals surface area contributed by atoms with E-state index in [1.165, 1.54) is 13.1 Å². The molecule has 1 saturated heterocycles. The van der Waals surface area contributed by atoms with Gasteiger partial charge in [-0.1, -0.05) is 65.1 Å². The topological polar surface area (TPSA) is 134 Å². The van der Waals surface area contributed by atoms with E-state index < -0.39 is 18.1 Å². The zero-order chi connectivity index (χ0) is 36.1. The van der Waals surface area contributed by atoms with Crippen molar-refractivity contribution in [2.24, 2.45) is 0 Å². The first-order valence-electron chi connectivity index (χ1n) is 16.8. The number of aliphatic hydroxyl groups excluding tert-OH is 2. The Morgan fingerprint density at radius 3 is 2.55 bits per heavy atom. The number of halogens is 3. The molecule has 0 spiro atoms. The third-order valence-corrected chi connectivity index (χ3v) is 10.2. The molecule has 4 aromatic rings. The van der Waals surface area contributed by atoms with Crippen LogP contribution in [0.2, 0.25) is 15.1 Å². The molecular formula is C38H40Cl3N3O7. The van der Waals surface area contributed by atoms with Crippen molar-refractivity contribution in [3.8, 4) is 28.4 Å². The van der Waals surface area contributed by atoms with Crippen molar-refractivity contribution in [3.05, 3.63) is 104 Å². The third kappa shape index (κ3) is 8.72. The van der Waals surface area contributed by atoms with Crippen molar-refractivity contribution < 1.29 is 34.3 Å². The normalized spacial score (nSPS) is 17.0. The second-order valence-electron chi connectivity index (χ2n) is 13.1. The number of carbonyl (C=O) groups is 1. The number of likely N-dealkylation sites (tertiary alicyclic amines) is 1. The van der Waals surface area contributed by atoms with Crippen molar-refractivity contribution in [1.29, 1.82) is 0 Å². The number of aromatic nitrogens is 1. The number of benzene rings is 3. The van der Waals surface area contributed by atoms with Crippen LogP contribution in [0.5, 0.6) is 17.2 Å². The van der Waals surface area contributed by atoms with E-state index in [4.69, 9.17) is 49.0 Å². The third-order valence-electron chi connectivity index (χ3n) is 9.28. The smallest absolute Gasteiger partial charge is 0.326 e. The predicted molar refractivity (Wildman–Crippen MR) is 196 cm³/mol. The summed E-state index contributed by atoms with van der Waals surface area (Å²) in [7, 11) is 0. The second kappa shape index (κ2) is 16.4. The van der Waals surface area contributed by atoms with Crippen LogP contribution in [0.4, 0.5) is 0 Å². The van der Waals surface area contributed by atoms with Gasteiger partial charge in [0, 0.05) is 61.3 Å². The van der Waals surface area contributed by atoms with Crippen LogP contribution in [0.3, 0.4) is 0 Å². The van der Waals surface area contributed by atoms with Crippen LogP contribution in [-0.2, 0) is 24.4 Å². The summed E-state index contributed by atoms with van der Waals surface area (Å²) >= 11 is 19.9. The molecule has 6 rings (SSSR count). The van der Waals surface area contributed by atoms with Gasteiger partial charge in [-0.25, -0.2) is 0 Å². The summed E-state index contributed by atoms with van der Waals surface area (Å²) < 4.78 is 18.9. The zero-order valence-electron chi connectivity index (χ0n) is 28.1. The molecule has 270 valence electrons. The maximum Gasteiger partial charge on any atom is 0.326 e. The highest BCUT2D eigenvalue weighted by atomic mass is 35.5. The van der Waals surface area contributed by atoms with Gasteiger partial charge in [0.15, 0.2) is 0 Å². The number of carboxylic acids is 1. The fraction of sp³-hybridized carbons (Fsp3) is 0.368. The number of carboxylic acid groups (broad SMARTS) is 1. The van der Waals surface area contributed by atoms with Crippen LogP contribution >= 0.6 is 34.8 Å². The molecule has 2 heterocycles. The molecule has 0 saturated carbocycles. The van der Waals surface area contributed by atoms with Crippen molar-refractivity contribution >= 4 is 40.8 Å². The number of hydrogen-bond acceptors (Lipinski definition) is 9. The minimum atomic E-state index is -1.57. The molecule has 2 atom stereocenters. The lowest BCUT2D eigenvalue weighted by atomic mass is 9.96. The lowest BCUT2D eigenvalue weighted by Crippen LogP contribution is -2.52. The summed E-state index contributed by atoms with van der Waals surface area (Å²) in [5.74, 6) is 0.271. The van der Waals surface area contributed by atoms with Crippen molar-refractivity contribution in [1.82, 2.24) is 15.2 Å². The molecule has 10 nitrogen and oxygen atoms in total. The van der Waals surface area contributed by atoms with Crippen LogP contribution in [0.25, 0.3) is 11.1 Å². The van der Waals surface area contributed by atoms with Gasteiger partial charge in [-0.3, -0.25) is 20.0 Å². The van der Waals surface area contributed by atoms with Gasteiger partial charge in [-0.15, -0.1) is 0 Å². The maximum absolute atomic E-state index is 11.8. The molecule has 13 heteroatoms. The standard InChI is InChI=1S/C38H40Cl3N3O7/c1-38(22-45,37(47)48)43-17-24-14-31(40)35(15-34(24)50-21-23-13-25(39)18-42-16-23)51-32-10-9-28-27(5-2-6-29(28)32)30-7-3-8-33(36(30)41)49-12-4-11-44-19-26(46)20-44/h2-3,5-8,13-16,18,26,32,43,45-46H,4,9-12,17,19-22H2,1H3,(H,47,48)/t32-,38-/m0/s1. The minimum absolute atomic E-state index is 0.0498. The van der Waals surface area contributed by atoms with Gasteiger partial charge in [0.1, 0.15) is 35.5 Å². The van der Waals surface area contributed by atoms with Crippen LogP contribution in [0.1, 0.15) is 48.1 Å². The van der Waals surface area contributed by atoms with Crippen molar-refractivity contribution in [2.45, 2.75) is 57.1 Å². The Balaban J connectivity index is 1.21. The number of hydrogen-bond donors (Lipinski definition) is 4. The highest BCUT2D eigenvalue weighted by Crippen LogP contribution is 2.45. The number of aliphatic carboxylic acids is 1. The van der Waals surface area contributed by atoms with Gasteiger partial charge in [-0.05, 0) is 61.1 Å². The predicted octanol–water partition coefficient (Wildman–Crippen LogP) is 6.72. The van der Waals surface area contributed by atoms with E-state index >= 15 is 0 Å². The summed E-state index contributed by atoms with van der Waals surface area (Å²) in [6.45, 7) is 3.80. The van der Waals surface area contributed by atoms with Gasteiger partial charge in [-0.2, -0.15) is 0 Å². The van der Waals surface area contributed by atoms with E-state index in [1.807, 2.05) is 24.3 Å². The number of pyridine rings is 1. The van der Waals surface area contributed by atoms with Crippen molar-refractivity contribution in [3.63, 3.8) is 0 Å². The molecule has 3 aromatic carbocycles. The summed E-state index contributed by atoms with van der Waals surface area (Å²) in [6, 6.07) is 17.1. The Morgan fingerprint density at radius 2 is 1.80 bits per heavy atom. The fourth-order valence-corrected chi connectivity index (χ4v) is 7.00. The van der Waals surface area contributed by atoms with E-state index in [9.17, 15) is 20.1 Å². The zero-order valence-corrected chi connectivity index (χ0v) is 30.3. The number of β-amino-alcohol motifs (C(OH)–C–C–N with tert-alkyl or cyclic N) is 1. The summed E-state index contributed by atoms with van der Waals surface area (Å²) in [6.07, 6.45) is 4.97. The Kier molecular flexibility index (Phi) is 11.9. The Bertz CT molecular complexity index is 1870. The van der Waals surface area contributed by atoms with Gasteiger partial charge in [0.25, 0.3) is 0 Å². The fourth-order valence-electron chi connectivity index (χ4n) is 6.29. The van der Waals surface area contributed by atoms with E-state index in [0.717, 1.165) is 47.2 Å². The molecule has 0 bridgehead atoms. The first-order valence-corrected chi connectivity index (χ1v) is 17.9. The van der Waals surface area contributed by atoms with E-state index in [0.29, 0.717) is 64.0 Å². The monoisotopic (exact) mass is 755 g/mol. The molecule has 0 unspecified atom stereocenters. The number of rotatable bonds is 16. The van der Waals surface area contributed by atoms with E-state index in [-0.39, 0.29) is 25.4 Å². The van der Waals surface area contributed by atoms with Crippen LogP contribution in [-0.4, -0.2) is 75.7 Å². The lowest BCUT2D eigenvalue weighted by Gasteiger charge is -2.35. The summed E-state index contributed by atoms with van der Waals surface area (Å²) in [5.41, 5.74) is 3.80. The number of aliphatic hydroxyl groups is 2. The maximum atomic E-state index is 11.8. The van der Waals surface area contributed by atoms with Crippen molar-refractivity contribution in [2.75, 3.05) is 32.8 Å². The lowest BCUT2D eigenvalue weighted by molar-refractivity contribution is -0.145. The van der Waals surface area contributed by atoms with Gasteiger partial charge >= 0.3 is 5.97 Å².